The van der Waals surface area contributed by atoms with Crippen molar-refractivity contribution in [1.82, 2.24) is 4.31 Å². The molecule has 0 amide bonds. The minimum Gasteiger partial charge on any atom is -0.481 e. The Labute approximate surface area is 109 Å². The highest BCUT2D eigenvalue weighted by atomic mass is 32.2. The molecule has 0 bridgehead atoms. The third-order valence-corrected chi connectivity index (χ3v) is 4.39. The van der Waals surface area contributed by atoms with E-state index in [4.69, 9.17) is 9.84 Å². The Balaban J connectivity index is 4.42. The predicted octanol–water partition coefficient (Wildman–Crippen LogP) is 0.928. The van der Waals surface area contributed by atoms with E-state index in [0.717, 1.165) is 0 Å². The molecule has 0 radical (unpaired) electrons. The van der Waals surface area contributed by atoms with Gasteiger partial charge in [-0.05, 0) is 27.2 Å². The Morgan fingerprint density at radius 3 is 2.44 bits per heavy atom. The van der Waals surface area contributed by atoms with Gasteiger partial charge in [-0.3, -0.25) is 4.79 Å². The van der Waals surface area contributed by atoms with Crippen molar-refractivity contribution >= 4 is 16.0 Å². The maximum atomic E-state index is 12.0. The first-order valence-electron chi connectivity index (χ1n) is 6.10. The van der Waals surface area contributed by atoms with E-state index in [1.807, 2.05) is 0 Å². The number of hydrogen-bond acceptors (Lipinski definition) is 4. The highest BCUT2D eigenvalue weighted by Gasteiger charge is 2.24. The molecular formula is C11H23NO5S. The summed E-state index contributed by atoms with van der Waals surface area (Å²) in [5.74, 6) is -0.975. The van der Waals surface area contributed by atoms with Crippen LogP contribution in [0, 0.1) is 0 Å². The van der Waals surface area contributed by atoms with E-state index < -0.39 is 16.0 Å². The summed E-state index contributed by atoms with van der Waals surface area (Å²) in [6.45, 7) is 6.24. The molecule has 0 fully saturated rings. The second-order valence-corrected chi connectivity index (χ2v) is 6.26. The number of hydrogen-bond donors (Lipinski definition) is 1. The molecular weight excluding hydrogens is 258 g/mol. The average Bonchev–Trinajstić information content (AvgIpc) is 2.23. The van der Waals surface area contributed by atoms with Gasteiger partial charge in [0.05, 0.1) is 12.4 Å². The Bertz CT molecular complexity index is 339. The summed E-state index contributed by atoms with van der Waals surface area (Å²) in [5, 5.41) is 8.55. The Morgan fingerprint density at radius 1 is 1.39 bits per heavy atom. The lowest BCUT2D eigenvalue weighted by atomic mass is 10.3. The molecule has 0 atom stereocenters. The van der Waals surface area contributed by atoms with Crippen molar-refractivity contribution in [2.45, 2.75) is 39.7 Å². The maximum Gasteiger partial charge on any atom is 0.303 e. The van der Waals surface area contributed by atoms with Crippen LogP contribution in [0.3, 0.4) is 0 Å². The maximum absolute atomic E-state index is 12.0. The topological polar surface area (TPSA) is 83.9 Å². The van der Waals surface area contributed by atoms with Crippen LogP contribution in [0.2, 0.25) is 0 Å². The molecule has 18 heavy (non-hydrogen) atoms. The Hall–Kier alpha value is -0.660. The fraction of sp³-hybridized carbons (Fsp3) is 0.909. The fourth-order valence-corrected chi connectivity index (χ4v) is 3.14. The molecule has 0 aliphatic heterocycles. The van der Waals surface area contributed by atoms with Crippen LogP contribution in [0.1, 0.15) is 33.6 Å². The molecule has 0 heterocycles. The van der Waals surface area contributed by atoms with Gasteiger partial charge in [0, 0.05) is 25.6 Å². The van der Waals surface area contributed by atoms with Gasteiger partial charge in [-0.25, -0.2) is 8.42 Å². The zero-order valence-electron chi connectivity index (χ0n) is 11.3. The summed E-state index contributed by atoms with van der Waals surface area (Å²) in [6, 6.07) is -0.176. The molecule has 0 saturated carbocycles. The molecule has 0 aromatic rings. The minimum absolute atomic E-state index is 0.0236. The van der Waals surface area contributed by atoms with Gasteiger partial charge in [0.25, 0.3) is 0 Å². The molecule has 0 aromatic carbocycles. The number of rotatable bonds is 10. The van der Waals surface area contributed by atoms with Crippen LogP contribution in [-0.2, 0) is 19.6 Å². The fourth-order valence-electron chi connectivity index (χ4n) is 1.53. The first kappa shape index (κ1) is 17.3. The van der Waals surface area contributed by atoms with Gasteiger partial charge in [0.2, 0.25) is 10.0 Å². The Morgan fingerprint density at radius 2 is 2.00 bits per heavy atom. The van der Waals surface area contributed by atoms with Gasteiger partial charge < -0.3 is 9.84 Å². The number of carbonyl (C=O) groups is 1. The number of carboxylic acids is 1. The summed E-state index contributed by atoms with van der Waals surface area (Å²) in [7, 11) is -3.38. The lowest BCUT2D eigenvalue weighted by Gasteiger charge is -2.25. The Kier molecular flexibility index (Phi) is 8.13. The van der Waals surface area contributed by atoms with E-state index in [-0.39, 0.29) is 31.4 Å². The van der Waals surface area contributed by atoms with E-state index in [0.29, 0.717) is 13.0 Å². The normalized spacial score (nSPS) is 12.3. The van der Waals surface area contributed by atoms with E-state index in [2.05, 4.69) is 0 Å². The second kappa shape index (κ2) is 8.44. The molecule has 0 saturated heterocycles. The summed E-state index contributed by atoms with van der Waals surface area (Å²) >= 11 is 0. The van der Waals surface area contributed by atoms with Crippen molar-refractivity contribution in [1.29, 1.82) is 0 Å². The quantitative estimate of drug-likeness (QED) is 0.602. The van der Waals surface area contributed by atoms with E-state index in [1.165, 1.54) is 4.31 Å². The van der Waals surface area contributed by atoms with Gasteiger partial charge in [0.15, 0.2) is 0 Å². The predicted molar refractivity (Wildman–Crippen MR) is 69.0 cm³/mol. The smallest absolute Gasteiger partial charge is 0.303 e. The molecule has 0 aliphatic rings. The lowest BCUT2D eigenvalue weighted by molar-refractivity contribution is -0.137. The first-order valence-corrected chi connectivity index (χ1v) is 7.71. The van der Waals surface area contributed by atoms with Crippen molar-refractivity contribution in [3.8, 4) is 0 Å². The van der Waals surface area contributed by atoms with Crippen molar-refractivity contribution in [3.63, 3.8) is 0 Å². The van der Waals surface area contributed by atoms with Crippen LogP contribution in [0.4, 0.5) is 0 Å². The SMILES string of the molecule is CCOCCS(=O)(=O)N(CCCC(=O)O)C(C)C. The van der Waals surface area contributed by atoms with Gasteiger partial charge in [-0.2, -0.15) is 4.31 Å². The van der Waals surface area contributed by atoms with Crippen LogP contribution in [0.15, 0.2) is 0 Å². The first-order chi connectivity index (χ1) is 8.31. The van der Waals surface area contributed by atoms with Crippen LogP contribution in [0.5, 0.6) is 0 Å². The van der Waals surface area contributed by atoms with Gasteiger partial charge in [-0.15, -0.1) is 0 Å². The summed E-state index contributed by atoms with van der Waals surface area (Å²) in [4.78, 5) is 10.4. The summed E-state index contributed by atoms with van der Waals surface area (Å²) in [6.07, 6.45) is 0.297. The monoisotopic (exact) mass is 281 g/mol. The molecule has 6 nitrogen and oxygen atoms in total. The van der Waals surface area contributed by atoms with Gasteiger partial charge in [-0.1, -0.05) is 0 Å². The third-order valence-electron chi connectivity index (χ3n) is 2.39. The zero-order valence-corrected chi connectivity index (χ0v) is 12.1. The zero-order chi connectivity index (χ0) is 14.2. The van der Waals surface area contributed by atoms with Crippen molar-refractivity contribution in [2.75, 3.05) is 25.5 Å². The van der Waals surface area contributed by atoms with E-state index in [9.17, 15) is 13.2 Å². The molecule has 1 N–H and O–H groups in total. The number of nitrogens with zero attached hydrogens (tertiary/aromatic N) is 1. The second-order valence-electron chi connectivity index (χ2n) is 4.21. The number of ether oxygens (including phenoxy) is 1. The van der Waals surface area contributed by atoms with Crippen molar-refractivity contribution in [3.05, 3.63) is 0 Å². The number of sulfonamides is 1. The average molecular weight is 281 g/mol. The molecule has 108 valence electrons. The van der Waals surface area contributed by atoms with Gasteiger partial charge in [0.1, 0.15) is 0 Å². The highest BCUT2D eigenvalue weighted by Crippen LogP contribution is 2.09. The molecule has 0 aromatic heterocycles. The molecule has 0 aliphatic carbocycles. The van der Waals surface area contributed by atoms with E-state index >= 15 is 0 Å². The van der Waals surface area contributed by atoms with Crippen LogP contribution >= 0.6 is 0 Å². The standard InChI is InChI=1S/C11H23NO5S/c1-4-17-8-9-18(15,16)12(10(2)3)7-5-6-11(13)14/h10H,4-9H2,1-3H3,(H,13,14). The molecule has 0 rings (SSSR count). The lowest BCUT2D eigenvalue weighted by Crippen LogP contribution is -2.40. The molecule has 7 heteroatoms. The molecule has 0 spiro atoms. The highest BCUT2D eigenvalue weighted by molar-refractivity contribution is 7.89. The minimum atomic E-state index is -3.38. The van der Waals surface area contributed by atoms with Crippen molar-refractivity contribution in [2.24, 2.45) is 0 Å². The number of carboxylic acid groups (broad SMARTS) is 1. The van der Waals surface area contributed by atoms with Crippen molar-refractivity contribution < 1.29 is 23.1 Å². The third kappa shape index (κ3) is 6.93. The number of aliphatic carboxylic acids is 1. The van der Waals surface area contributed by atoms with Crippen LogP contribution in [-0.4, -0.2) is 55.4 Å². The van der Waals surface area contributed by atoms with Gasteiger partial charge >= 0.3 is 5.97 Å². The largest absolute Gasteiger partial charge is 0.481 e. The van der Waals surface area contributed by atoms with Crippen LogP contribution < -0.4 is 0 Å². The summed E-state index contributed by atoms with van der Waals surface area (Å²) in [5.41, 5.74) is 0. The van der Waals surface area contributed by atoms with Crippen LogP contribution in [0.25, 0.3) is 0 Å². The molecule has 0 unspecified atom stereocenters. The van der Waals surface area contributed by atoms with E-state index in [1.54, 1.807) is 20.8 Å². The summed E-state index contributed by atoms with van der Waals surface area (Å²) < 4.78 is 30.4.